The smallest absolute Gasteiger partial charge is 0.272 e. The summed E-state index contributed by atoms with van der Waals surface area (Å²) < 4.78 is 0. The predicted molar refractivity (Wildman–Crippen MR) is 31.8 cm³/mol. The molecule has 1 rings (SSSR count). The maximum atomic E-state index is 10.6. The summed E-state index contributed by atoms with van der Waals surface area (Å²) in [6.45, 7) is 1.28. The maximum absolute atomic E-state index is 10.6. The van der Waals surface area contributed by atoms with Crippen molar-refractivity contribution >= 4 is 11.9 Å². The fourth-order valence-corrected chi connectivity index (χ4v) is 0.770. The molecule has 0 saturated carbocycles. The second kappa shape index (κ2) is 2.19. The zero-order valence-electron chi connectivity index (χ0n) is 5.60. The van der Waals surface area contributed by atoms with E-state index in [1.54, 1.807) is 5.32 Å². The first kappa shape index (κ1) is 7.45. The molecule has 0 bridgehead atoms. The summed E-state index contributed by atoms with van der Waals surface area (Å²) >= 11 is 0. The van der Waals surface area contributed by atoms with Gasteiger partial charge in [0.1, 0.15) is 0 Å². The van der Waals surface area contributed by atoms with Crippen molar-refractivity contribution in [2.75, 3.05) is 0 Å². The number of nitro groups is 1. The van der Waals surface area contributed by atoms with Gasteiger partial charge in [0.25, 0.3) is 5.91 Å². The number of rotatable bonds is 1. The third-order valence-electron chi connectivity index (χ3n) is 1.36. The van der Waals surface area contributed by atoms with Crippen molar-refractivity contribution in [2.45, 2.75) is 13.0 Å². The summed E-state index contributed by atoms with van der Waals surface area (Å²) in [6.07, 6.45) is 0. The SMILES string of the molecule is CC1C(=O)NC(=O)N1[N+](=O)[O-]. The molecule has 1 fully saturated rings. The highest BCUT2D eigenvalue weighted by molar-refractivity contribution is 6.03. The standard InChI is InChI=1S/C4H5N3O4/c1-2-3(8)5-4(9)6(2)7(10)11/h2H,1H3,(H,5,8,9). The van der Waals surface area contributed by atoms with E-state index in [1.165, 1.54) is 6.92 Å². The summed E-state index contributed by atoms with van der Waals surface area (Å²) in [5, 5.41) is 11.2. The molecular weight excluding hydrogens is 154 g/mol. The Labute approximate surface area is 61.1 Å². The highest BCUT2D eigenvalue weighted by Gasteiger charge is 2.43. The van der Waals surface area contributed by atoms with Gasteiger partial charge in [0.2, 0.25) is 0 Å². The number of imide groups is 1. The maximum Gasteiger partial charge on any atom is 0.382 e. The highest BCUT2D eigenvalue weighted by Crippen LogP contribution is 2.06. The molecule has 11 heavy (non-hydrogen) atoms. The largest absolute Gasteiger partial charge is 0.382 e. The van der Waals surface area contributed by atoms with E-state index >= 15 is 0 Å². The summed E-state index contributed by atoms with van der Waals surface area (Å²) in [7, 11) is 0. The van der Waals surface area contributed by atoms with Crippen molar-refractivity contribution in [3.05, 3.63) is 10.1 Å². The molecule has 1 saturated heterocycles. The van der Waals surface area contributed by atoms with Gasteiger partial charge in [0, 0.05) is 0 Å². The van der Waals surface area contributed by atoms with Crippen LogP contribution in [-0.2, 0) is 4.79 Å². The topological polar surface area (TPSA) is 92.6 Å². The Balaban J connectivity index is 2.88. The van der Waals surface area contributed by atoms with Crippen LogP contribution in [0.1, 0.15) is 6.92 Å². The van der Waals surface area contributed by atoms with Gasteiger partial charge in [0.05, 0.1) is 0 Å². The first-order valence-electron chi connectivity index (χ1n) is 2.82. The van der Waals surface area contributed by atoms with E-state index in [9.17, 15) is 19.7 Å². The van der Waals surface area contributed by atoms with Crippen LogP contribution in [0.25, 0.3) is 0 Å². The molecule has 0 aromatic rings. The van der Waals surface area contributed by atoms with Crippen molar-refractivity contribution in [3.8, 4) is 0 Å². The van der Waals surface area contributed by atoms with Crippen molar-refractivity contribution in [1.82, 2.24) is 10.3 Å². The van der Waals surface area contributed by atoms with E-state index in [1.807, 2.05) is 0 Å². The van der Waals surface area contributed by atoms with Crippen LogP contribution in [0.3, 0.4) is 0 Å². The first-order valence-corrected chi connectivity index (χ1v) is 2.82. The van der Waals surface area contributed by atoms with Crippen LogP contribution >= 0.6 is 0 Å². The molecule has 1 aliphatic rings. The monoisotopic (exact) mass is 159 g/mol. The Bertz CT molecular complexity index is 237. The number of carbonyl (C=O) groups is 2. The molecule has 1 atom stereocenters. The third-order valence-corrected chi connectivity index (χ3v) is 1.36. The average Bonchev–Trinajstić information content (AvgIpc) is 2.07. The Morgan fingerprint density at radius 1 is 1.64 bits per heavy atom. The zero-order chi connectivity index (χ0) is 8.59. The number of urea groups is 1. The minimum Gasteiger partial charge on any atom is -0.272 e. The van der Waals surface area contributed by atoms with Gasteiger partial charge in [-0.25, -0.2) is 14.9 Å². The van der Waals surface area contributed by atoms with E-state index in [2.05, 4.69) is 0 Å². The molecule has 1 N–H and O–H groups in total. The van der Waals surface area contributed by atoms with Gasteiger partial charge >= 0.3 is 6.03 Å². The fraction of sp³-hybridized carbons (Fsp3) is 0.500. The second-order valence-corrected chi connectivity index (χ2v) is 2.05. The molecule has 0 aromatic heterocycles. The number of amides is 3. The molecule has 0 spiro atoms. The number of hydrogen-bond acceptors (Lipinski definition) is 4. The molecule has 0 aromatic carbocycles. The van der Waals surface area contributed by atoms with Gasteiger partial charge in [-0.1, -0.05) is 0 Å². The van der Waals surface area contributed by atoms with Gasteiger partial charge in [-0.3, -0.25) is 10.1 Å². The van der Waals surface area contributed by atoms with Crippen LogP contribution in [0.4, 0.5) is 4.79 Å². The molecule has 7 heteroatoms. The number of hydrazine groups is 1. The number of carbonyl (C=O) groups excluding carboxylic acids is 2. The van der Waals surface area contributed by atoms with Gasteiger partial charge in [-0.2, -0.15) is 0 Å². The minimum absolute atomic E-state index is 0.252. The van der Waals surface area contributed by atoms with Gasteiger partial charge in [0.15, 0.2) is 11.1 Å². The van der Waals surface area contributed by atoms with E-state index in [-0.39, 0.29) is 5.01 Å². The molecule has 60 valence electrons. The molecule has 1 unspecified atom stereocenters. The van der Waals surface area contributed by atoms with Crippen molar-refractivity contribution < 1.29 is 14.6 Å². The van der Waals surface area contributed by atoms with Crippen LogP contribution in [0.2, 0.25) is 0 Å². The highest BCUT2D eigenvalue weighted by atomic mass is 16.7. The lowest BCUT2D eigenvalue weighted by Gasteiger charge is -2.04. The van der Waals surface area contributed by atoms with E-state index in [0.717, 1.165) is 0 Å². The van der Waals surface area contributed by atoms with Gasteiger partial charge in [-0.15, -0.1) is 0 Å². The van der Waals surface area contributed by atoms with Crippen LogP contribution in [-0.4, -0.2) is 28.0 Å². The second-order valence-electron chi connectivity index (χ2n) is 2.05. The molecule has 1 aliphatic heterocycles. The van der Waals surface area contributed by atoms with Gasteiger partial charge in [-0.05, 0) is 11.9 Å². The summed E-state index contributed by atoms with van der Waals surface area (Å²) in [4.78, 5) is 31.3. The Morgan fingerprint density at radius 2 is 2.18 bits per heavy atom. The number of hydrogen-bond donors (Lipinski definition) is 1. The minimum atomic E-state index is -1.02. The van der Waals surface area contributed by atoms with Crippen LogP contribution in [0.15, 0.2) is 0 Å². The Kier molecular flexibility index (Phi) is 1.48. The van der Waals surface area contributed by atoms with Crippen LogP contribution in [0, 0.1) is 10.1 Å². The summed E-state index contributed by atoms with van der Waals surface area (Å²) in [5.41, 5.74) is 0. The number of nitrogens with one attached hydrogen (secondary N) is 1. The lowest BCUT2D eigenvalue weighted by atomic mass is 10.3. The number of nitrogens with zero attached hydrogens (tertiary/aromatic N) is 2. The first-order chi connectivity index (χ1) is 5.04. The zero-order valence-corrected chi connectivity index (χ0v) is 5.60. The molecule has 0 aliphatic carbocycles. The fourth-order valence-electron chi connectivity index (χ4n) is 0.770. The molecule has 1 heterocycles. The lowest BCUT2D eigenvalue weighted by molar-refractivity contribution is -0.634. The molecule has 0 radical (unpaired) electrons. The Hall–Kier alpha value is -1.66. The van der Waals surface area contributed by atoms with E-state index in [0.29, 0.717) is 0 Å². The normalized spacial score (nSPS) is 23.7. The Morgan fingerprint density at radius 3 is 2.36 bits per heavy atom. The van der Waals surface area contributed by atoms with Crippen LogP contribution in [0.5, 0.6) is 0 Å². The van der Waals surface area contributed by atoms with Crippen molar-refractivity contribution in [3.63, 3.8) is 0 Å². The van der Waals surface area contributed by atoms with Crippen molar-refractivity contribution in [2.24, 2.45) is 0 Å². The summed E-state index contributed by atoms with van der Waals surface area (Å²) in [6, 6.07) is -2.00. The quantitative estimate of drug-likeness (QED) is 0.305. The van der Waals surface area contributed by atoms with Gasteiger partial charge < -0.3 is 0 Å². The lowest BCUT2D eigenvalue weighted by Crippen LogP contribution is -2.37. The average molecular weight is 159 g/mol. The van der Waals surface area contributed by atoms with E-state index in [4.69, 9.17) is 0 Å². The van der Waals surface area contributed by atoms with Crippen LogP contribution < -0.4 is 5.32 Å². The summed E-state index contributed by atoms with van der Waals surface area (Å²) in [5.74, 6) is -0.647. The molecule has 7 nitrogen and oxygen atoms in total. The predicted octanol–water partition coefficient (Wildman–Crippen LogP) is -0.882. The third kappa shape index (κ3) is 0.997. The molecule has 3 amide bonds. The van der Waals surface area contributed by atoms with Crippen molar-refractivity contribution in [1.29, 1.82) is 0 Å². The molecular formula is C4H5N3O4. The van der Waals surface area contributed by atoms with E-state index < -0.39 is 23.0 Å².